The first-order valence-electron chi connectivity index (χ1n) is 5.21. The van der Waals surface area contributed by atoms with Crippen LogP contribution in [-0.2, 0) is 0 Å². The lowest BCUT2D eigenvalue weighted by Gasteiger charge is -2.24. The van der Waals surface area contributed by atoms with Gasteiger partial charge in [0, 0.05) is 25.4 Å². The third-order valence-corrected chi connectivity index (χ3v) is 3.58. The molecule has 4 heteroatoms. The Morgan fingerprint density at radius 3 is 2.86 bits per heavy atom. The van der Waals surface area contributed by atoms with Gasteiger partial charge in [0.25, 0.3) is 0 Å². The summed E-state index contributed by atoms with van der Waals surface area (Å²) in [4.78, 5) is 6.51. The number of guanidine groups is 1. The molecular weight excluding hydrogens is 194 g/mol. The van der Waals surface area contributed by atoms with E-state index in [4.69, 9.17) is 5.73 Å². The molecule has 1 unspecified atom stereocenters. The molecule has 1 saturated heterocycles. The Bertz CT molecular complexity index is 198. The number of nitrogens with zero attached hydrogens (tertiary/aromatic N) is 2. The summed E-state index contributed by atoms with van der Waals surface area (Å²) in [7, 11) is 2.05. The molecule has 1 fully saturated rings. The smallest absolute Gasteiger partial charge is 0.191 e. The molecule has 1 atom stereocenters. The molecule has 14 heavy (non-hydrogen) atoms. The van der Waals surface area contributed by atoms with Gasteiger partial charge >= 0.3 is 0 Å². The zero-order chi connectivity index (χ0) is 10.6. The third kappa shape index (κ3) is 3.40. The van der Waals surface area contributed by atoms with Crippen LogP contribution in [0.4, 0.5) is 0 Å². The van der Waals surface area contributed by atoms with Crippen molar-refractivity contribution in [1.29, 1.82) is 0 Å². The van der Waals surface area contributed by atoms with Crippen LogP contribution in [0.1, 0.15) is 20.3 Å². The van der Waals surface area contributed by atoms with Gasteiger partial charge in [-0.05, 0) is 18.1 Å². The normalized spacial score (nSPS) is 23.1. The molecule has 0 saturated carbocycles. The molecule has 0 aliphatic carbocycles. The number of thioether (sulfide) groups is 1. The lowest BCUT2D eigenvalue weighted by atomic mass is 10.2. The maximum atomic E-state index is 5.91. The van der Waals surface area contributed by atoms with Crippen LogP contribution in [-0.4, -0.2) is 42.0 Å². The van der Waals surface area contributed by atoms with Crippen LogP contribution >= 0.6 is 11.8 Å². The quantitative estimate of drug-likeness (QED) is 0.571. The molecule has 82 valence electrons. The summed E-state index contributed by atoms with van der Waals surface area (Å²) < 4.78 is 0. The molecule has 0 spiro atoms. The van der Waals surface area contributed by atoms with Crippen molar-refractivity contribution in [3.63, 3.8) is 0 Å². The second kappa shape index (κ2) is 5.49. The molecule has 1 aliphatic heterocycles. The Morgan fingerprint density at radius 2 is 2.36 bits per heavy atom. The van der Waals surface area contributed by atoms with Gasteiger partial charge in [0.05, 0.1) is 0 Å². The highest BCUT2D eigenvalue weighted by atomic mass is 32.2. The molecule has 0 aromatic rings. The van der Waals surface area contributed by atoms with E-state index < -0.39 is 0 Å². The molecule has 3 nitrogen and oxygen atoms in total. The van der Waals surface area contributed by atoms with E-state index in [1.807, 2.05) is 11.8 Å². The average molecular weight is 215 g/mol. The summed E-state index contributed by atoms with van der Waals surface area (Å²) in [6.07, 6.45) is 1.24. The molecule has 0 aromatic carbocycles. The molecule has 1 rings (SSSR count). The summed E-state index contributed by atoms with van der Waals surface area (Å²) in [6.45, 7) is 5.14. The van der Waals surface area contributed by atoms with Crippen LogP contribution in [0.3, 0.4) is 0 Å². The van der Waals surface area contributed by atoms with E-state index in [0.717, 1.165) is 6.54 Å². The van der Waals surface area contributed by atoms with Gasteiger partial charge in [0.2, 0.25) is 0 Å². The van der Waals surface area contributed by atoms with Crippen molar-refractivity contribution in [2.45, 2.75) is 26.3 Å². The summed E-state index contributed by atoms with van der Waals surface area (Å²) in [5, 5.41) is 0. The van der Waals surface area contributed by atoms with Gasteiger partial charge in [-0.3, -0.25) is 4.99 Å². The first kappa shape index (κ1) is 11.7. The van der Waals surface area contributed by atoms with Crippen LogP contribution in [0.15, 0.2) is 4.99 Å². The minimum absolute atomic E-state index is 0.583. The summed E-state index contributed by atoms with van der Waals surface area (Å²) >= 11 is 2.00. The van der Waals surface area contributed by atoms with E-state index in [2.05, 4.69) is 30.8 Å². The Hall–Kier alpha value is -0.380. The van der Waals surface area contributed by atoms with Gasteiger partial charge in [-0.25, -0.2) is 0 Å². The van der Waals surface area contributed by atoms with Gasteiger partial charge in [0.1, 0.15) is 0 Å². The maximum Gasteiger partial charge on any atom is 0.191 e. The number of aliphatic imine (C=N–C) groups is 1. The summed E-state index contributed by atoms with van der Waals surface area (Å²) in [6, 6.07) is 0.593. The van der Waals surface area contributed by atoms with Crippen molar-refractivity contribution in [3.8, 4) is 0 Å². The van der Waals surface area contributed by atoms with Crippen molar-refractivity contribution < 1.29 is 0 Å². The van der Waals surface area contributed by atoms with Gasteiger partial charge < -0.3 is 10.6 Å². The predicted molar refractivity (Wildman–Crippen MR) is 64.8 cm³/mol. The van der Waals surface area contributed by atoms with Crippen molar-refractivity contribution in [2.24, 2.45) is 16.6 Å². The molecule has 0 aromatic heterocycles. The predicted octanol–water partition coefficient (Wildman–Crippen LogP) is 1.39. The number of nitrogens with two attached hydrogens (primary N) is 1. The molecule has 2 N–H and O–H groups in total. The molecule has 1 aliphatic rings. The second-order valence-corrected chi connectivity index (χ2v) is 5.37. The summed E-state index contributed by atoms with van der Waals surface area (Å²) in [5.41, 5.74) is 5.91. The van der Waals surface area contributed by atoms with Gasteiger partial charge in [-0.15, -0.1) is 0 Å². The number of hydrogen-bond acceptors (Lipinski definition) is 2. The molecular formula is C10H21N3S. The molecule has 1 heterocycles. The van der Waals surface area contributed by atoms with Crippen LogP contribution in [0.2, 0.25) is 0 Å². The zero-order valence-corrected chi connectivity index (χ0v) is 10.2. The maximum absolute atomic E-state index is 5.91. The van der Waals surface area contributed by atoms with Crippen molar-refractivity contribution in [1.82, 2.24) is 4.90 Å². The first-order valence-corrected chi connectivity index (χ1v) is 6.37. The highest BCUT2D eigenvalue weighted by molar-refractivity contribution is 7.99. The molecule has 0 bridgehead atoms. The highest BCUT2D eigenvalue weighted by Gasteiger charge is 2.21. The topological polar surface area (TPSA) is 41.6 Å². The van der Waals surface area contributed by atoms with Crippen LogP contribution in [0.5, 0.6) is 0 Å². The Morgan fingerprint density at radius 1 is 1.64 bits per heavy atom. The minimum Gasteiger partial charge on any atom is -0.370 e. The van der Waals surface area contributed by atoms with Crippen LogP contribution < -0.4 is 5.73 Å². The summed E-state index contributed by atoms with van der Waals surface area (Å²) in [5.74, 6) is 3.73. The van der Waals surface area contributed by atoms with Crippen molar-refractivity contribution in [3.05, 3.63) is 0 Å². The fourth-order valence-corrected chi connectivity index (χ4v) is 2.67. The van der Waals surface area contributed by atoms with Crippen molar-refractivity contribution >= 4 is 17.7 Å². The fraction of sp³-hybridized carbons (Fsp3) is 0.900. The van der Waals surface area contributed by atoms with E-state index in [9.17, 15) is 0 Å². The Kier molecular flexibility index (Phi) is 4.58. The zero-order valence-electron chi connectivity index (χ0n) is 9.36. The number of hydrogen-bond donors (Lipinski definition) is 1. The van der Waals surface area contributed by atoms with Gasteiger partial charge in [-0.1, -0.05) is 13.8 Å². The van der Waals surface area contributed by atoms with E-state index in [-0.39, 0.29) is 0 Å². The van der Waals surface area contributed by atoms with Gasteiger partial charge in [-0.2, -0.15) is 11.8 Å². The fourth-order valence-electron chi connectivity index (χ4n) is 1.40. The lowest BCUT2D eigenvalue weighted by Crippen LogP contribution is -2.42. The first-order chi connectivity index (χ1) is 6.61. The Labute approximate surface area is 91.1 Å². The van der Waals surface area contributed by atoms with E-state index in [1.165, 1.54) is 17.9 Å². The van der Waals surface area contributed by atoms with Crippen molar-refractivity contribution in [2.75, 3.05) is 25.1 Å². The van der Waals surface area contributed by atoms with Crippen LogP contribution in [0, 0.1) is 5.92 Å². The van der Waals surface area contributed by atoms with Crippen LogP contribution in [0.25, 0.3) is 0 Å². The van der Waals surface area contributed by atoms with Gasteiger partial charge in [0.15, 0.2) is 5.96 Å². The Balaban J connectivity index is 2.41. The second-order valence-electron chi connectivity index (χ2n) is 4.22. The minimum atomic E-state index is 0.583. The monoisotopic (exact) mass is 215 g/mol. The SMILES string of the molecule is CC(C)CN=C(N)N(C)C1CCSC1. The van der Waals surface area contributed by atoms with E-state index in [0.29, 0.717) is 17.9 Å². The van der Waals surface area contributed by atoms with E-state index >= 15 is 0 Å². The molecule has 0 radical (unpaired) electrons. The largest absolute Gasteiger partial charge is 0.370 e. The number of rotatable bonds is 3. The standard InChI is InChI=1S/C10H21N3S/c1-8(2)6-12-10(11)13(3)9-4-5-14-7-9/h8-9H,4-7H2,1-3H3,(H2,11,12). The van der Waals surface area contributed by atoms with E-state index in [1.54, 1.807) is 0 Å². The third-order valence-electron chi connectivity index (χ3n) is 2.43. The average Bonchev–Trinajstić information content (AvgIpc) is 2.65. The molecule has 0 amide bonds. The highest BCUT2D eigenvalue weighted by Crippen LogP contribution is 2.20. The lowest BCUT2D eigenvalue weighted by molar-refractivity contribution is 0.391.